The van der Waals surface area contributed by atoms with Crippen LogP contribution in [0.15, 0.2) is 51.9 Å². The zero-order valence-corrected chi connectivity index (χ0v) is 12.6. The van der Waals surface area contributed by atoms with Gasteiger partial charge < -0.3 is 9.73 Å². The second-order valence-electron chi connectivity index (χ2n) is 4.65. The van der Waals surface area contributed by atoms with Gasteiger partial charge in [-0.3, -0.25) is 14.3 Å². The van der Waals surface area contributed by atoms with E-state index in [-0.39, 0.29) is 18.3 Å². The summed E-state index contributed by atoms with van der Waals surface area (Å²) in [5, 5.41) is 2.80. The molecule has 0 spiro atoms. The quantitative estimate of drug-likeness (QED) is 0.799. The molecule has 0 saturated heterocycles. The molecule has 0 unspecified atom stereocenters. The van der Waals surface area contributed by atoms with Gasteiger partial charge in [-0.1, -0.05) is 6.07 Å². The summed E-state index contributed by atoms with van der Waals surface area (Å²) in [6, 6.07) is 8.80. The number of hydrogen-bond donors (Lipinski definition) is 1. The summed E-state index contributed by atoms with van der Waals surface area (Å²) in [5.74, 6) is -0.598. The van der Waals surface area contributed by atoms with Gasteiger partial charge in [-0.05, 0) is 29.8 Å². The third-order valence-corrected chi connectivity index (χ3v) is 3.23. The predicted octanol–water partition coefficient (Wildman–Crippen LogP) is 1.88. The van der Waals surface area contributed by atoms with Crippen LogP contribution in [-0.4, -0.2) is 15.5 Å². The number of oxazole rings is 1. The number of nitrogens with zero attached hydrogens (tertiary/aromatic N) is 2. The number of aromatic nitrogens is 2. The number of fused-ring (bicyclic) bond motifs is 1. The van der Waals surface area contributed by atoms with E-state index in [1.165, 1.54) is 10.8 Å². The number of carbonyl (C=O) groups is 1. The van der Waals surface area contributed by atoms with Crippen molar-refractivity contribution in [2.24, 2.45) is 7.05 Å². The maximum Gasteiger partial charge on any atom is 0.419 e. The molecule has 7 heteroatoms. The van der Waals surface area contributed by atoms with Gasteiger partial charge in [-0.2, -0.15) is 0 Å². The van der Waals surface area contributed by atoms with Crippen molar-refractivity contribution in [2.75, 3.05) is 0 Å². The van der Waals surface area contributed by atoms with Gasteiger partial charge in [0.25, 0.3) is 5.91 Å². The summed E-state index contributed by atoms with van der Waals surface area (Å²) >= 11 is 0. The molecule has 0 fully saturated rings. The first-order valence-corrected chi connectivity index (χ1v) is 6.42. The van der Waals surface area contributed by atoms with Crippen LogP contribution in [0.2, 0.25) is 0 Å². The number of amides is 1. The van der Waals surface area contributed by atoms with Crippen molar-refractivity contribution in [1.82, 2.24) is 14.9 Å². The number of rotatable bonds is 3. The van der Waals surface area contributed by atoms with Crippen LogP contribution in [0.5, 0.6) is 0 Å². The van der Waals surface area contributed by atoms with Crippen molar-refractivity contribution in [3.8, 4) is 0 Å². The minimum absolute atomic E-state index is 0. The molecule has 0 saturated carbocycles. The summed E-state index contributed by atoms with van der Waals surface area (Å²) in [4.78, 5) is 27.2. The van der Waals surface area contributed by atoms with Crippen molar-refractivity contribution in [3.05, 3.63) is 64.4 Å². The predicted molar refractivity (Wildman–Crippen MR) is 84.1 cm³/mol. The molecule has 6 nitrogen and oxygen atoms in total. The van der Waals surface area contributed by atoms with E-state index in [1.807, 2.05) is 6.07 Å². The van der Waals surface area contributed by atoms with Crippen LogP contribution >= 0.6 is 12.4 Å². The average Bonchev–Trinajstić information content (AvgIpc) is 2.80. The summed E-state index contributed by atoms with van der Waals surface area (Å²) in [7, 11) is 1.65. The van der Waals surface area contributed by atoms with E-state index >= 15 is 0 Å². The monoisotopic (exact) mass is 319 g/mol. The Kier molecular flexibility index (Phi) is 4.62. The lowest BCUT2D eigenvalue weighted by Gasteiger charge is -2.05. The molecule has 0 aliphatic rings. The number of nitrogens with one attached hydrogen (secondary N) is 1. The highest BCUT2D eigenvalue weighted by atomic mass is 35.5. The zero-order valence-electron chi connectivity index (χ0n) is 11.8. The van der Waals surface area contributed by atoms with E-state index in [0.717, 1.165) is 11.1 Å². The molecule has 3 rings (SSSR count). The van der Waals surface area contributed by atoms with Crippen molar-refractivity contribution >= 4 is 29.4 Å². The summed E-state index contributed by atoms with van der Waals surface area (Å²) < 4.78 is 6.55. The summed E-state index contributed by atoms with van der Waals surface area (Å²) in [6.45, 7) is 0.349. The summed E-state index contributed by atoms with van der Waals surface area (Å²) in [6.07, 6.45) is 3.12. The largest absolute Gasteiger partial charge is 0.419 e. The summed E-state index contributed by atoms with van der Waals surface area (Å²) in [5.41, 5.74) is 2.59. The van der Waals surface area contributed by atoms with E-state index in [9.17, 15) is 9.59 Å². The topological polar surface area (TPSA) is 77.1 Å². The fraction of sp³-hybridized carbons (Fsp3) is 0.133. The highest BCUT2D eigenvalue weighted by Gasteiger charge is 2.08. The Labute approximate surface area is 132 Å². The van der Waals surface area contributed by atoms with E-state index in [2.05, 4.69) is 10.3 Å². The highest BCUT2D eigenvalue weighted by molar-refractivity contribution is 5.93. The SMILES string of the molecule is Cl.Cn1c(=O)oc2cc(CNC(=O)c3cccnc3)ccc21. The standard InChI is InChI=1S/C15H13N3O3.ClH/c1-18-12-5-4-10(7-13(12)21-15(18)20)8-17-14(19)11-3-2-6-16-9-11;/h2-7,9H,8H2,1H3,(H,17,19);1H. The fourth-order valence-electron chi connectivity index (χ4n) is 2.07. The maximum atomic E-state index is 11.9. The number of aryl methyl sites for hydroxylation is 1. The Balaban J connectivity index is 0.00000176. The number of carbonyl (C=O) groups excluding carboxylic acids is 1. The van der Waals surface area contributed by atoms with Crippen LogP contribution < -0.4 is 11.1 Å². The van der Waals surface area contributed by atoms with E-state index in [0.29, 0.717) is 17.7 Å². The van der Waals surface area contributed by atoms with Crippen LogP contribution in [0.3, 0.4) is 0 Å². The van der Waals surface area contributed by atoms with E-state index in [1.54, 1.807) is 37.5 Å². The third-order valence-electron chi connectivity index (χ3n) is 3.23. The Morgan fingerprint density at radius 2 is 2.18 bits per heavy atom. The van der Waals surface area contributed by atoms with Crippen LogP contribution in [0.25, 0.3) is 11.1 Å². The molecule has 1 N–H and O–H groups in total. The van der Waals surface area contributed by atoms with Crippen LogP contribution in [0.4, 0.5) is 0 Å². The van der Waals surface area contributed by atoms with E-state index in [4.69, 9.17) is 4.42 Å². The molecule has 114 valence electrons. The Morgan fingerprint density at radius 3 is 2.91 bits per heavy atom. The van der Waals surface area contributed by atoms with Gasteiger partial charge in [0.15, 0.2) is 5.58 Å². The lowest BCUT2D eigenvalue weighted by atomic mass is 10.2. The normalized spacial score (nSPS) is 10.2. The van der Waals surface area contributed by atoms with Crippen molar-refractivity contribution in [3.63, 3.8) is 0 Å². The molecule has 3 aromatic rings. The maximum absolute atomic E-state index is 11.9. The number of halogens is 1. The smallest absolute Gasteiger partial charge is 0.408 e. The number of pyridine rings is 1. The van der Waals surface area contributed by atoms with Crippen molar-refractivity contribution < 1.29 is 9.21 Å². The molecule has 0 atom stereocenters. The fourth-order valence-corrected chi connectivity index (χ4v) is 2.07. The van der Waals surface area contributed by atoms with Crippen molar-refractivity contribution in [2.45, 2.75) is 6.54 Å². The minimum Gasteiger partial charge on any atom is -0.408 e. The molecular formula is C15H14ClN3O3. The van der Waals surface area contributed by atoms with Crippen LogP contribution in [0.1, 0.15) is 15.9 Å². The van der Waals surface area contributed by atoms with Gasteiger partial charge in [-0.15, -0.1) is 12.4 Å². The van der Waals surface area contributed by atoms with Gasteiger partial charge in [0, 0.05) is 26.0 Å². The van der Waals surface area contributed by atoms with Crippen molar-refractivity contribution in [1.29, 1.82) is 0 Å². The lowest BCUT2D eigenvalue weighted by molar-refractivity contribution is 0.0950. The van der Waals surface area contributed by atoms with Gasteiger partial charge in [0.05, 0.1) is 11.1 Å². The van der Waals surface area contributed by atoms with Gasteiger partial charge in [-0.25, -0.2) is 4.79 Å². The van der Waals surface area contributed by atoms with E-state index < -0.39 is 5.76 Å². The number of hydrogen-bond acceptors (Lipinski definition) is 4. The molecular weight excluding hydrogens is 306 g/mol. The first-order valence-electron chi connectivity index (χ1n) is 6.42. The molecule has 0 aliphatic carbocycles. The Hall–Kier alpha value is -2.60. The molecule has 2 aromatic heterocycles. The molecule has 0 radical (unpaired) electrons. The molecule has 1 amide bonds. The number of benzene rings is 1. The first-order chi connectivity index (χ1) is 10.1. The van der Waals surface area contributed by atoms with Gasteiger partial charge in [0.1, 0.15) is 0 Å². The van der Waals surface area contributed by atoms with Gasteiger partial charge in [0.2, 0.25) is 0 Å². The molecule has 1 aromatic carbocycles. The molecule has 2 heterocycles. The first kappa shape index (κ1) is 15.8. The lowest BCUT2D eigenvalue weighted by Crippen LogP contribution is -2.22. The Bertz CT molecular complexity index is 855. The second-order valence-corrected chi connectivity index (χ2v) is 4.65. The van der Waals surface area contributed by atoms with Gasteiger partial charge >= 0.3 is 5.76 Å². The molecule has 0 aliphatic heterocycles. The van der Waals surface area contributed by atoms with Crippen LogP contribution in [0, 0.1) is 0 Å². The third kappa shape index (κ3) is 3.01. The Morgan fingerprint density at radius 1 is 1.36 bits per heavy atom. The van der Waals surface area contributed by atoms with Crippen LogP contribution in [-0.2, 0) is 13.6 Å². The zero-order chi connectivity index (χ0) is 14.8. The second kappa shape index (κ2) is 6.44. The minimum atomic E-state index is -0.401. The molecule has 0 bridgehead atoms. The highest BCUT2D eigenvalue weighted by Crippen LogP contribution is 2.14. The average molecular weight is 320 g/mol. The molecule has 22 heavy (non-hydrogen) atoms.